The second-order valence-electron chi connectivity index (χ2n) is 8.68. The third-order valence-corrected chi connectivity index (χ3v) is 6.42. The largest absolute Gasteiger partial charge is 0.355 e. The number of rotatable bonds is 7. The summed E-state index contributed by atoms with van der Waals surface area (Å²) in [5.74, 6) is -0.132. The molecule has 0 aliphatic carbocycles. The van der Waals surface area contributed by atoms with E-state index in [9.17, 15) is 4.79 Å². The summed E-state index contributed by atoms with van der Waals surface area (Å²) in [5.41, 5.74) is 6.80. The highest BCUT2D eigenvalue weighted by molar-refractivity contribution is 6.04. The van der Waals surface area contributed by atoms with Crippen LogP contribution in [0.5, 0.6) is 0 Å². The average molecular weight is 475 g/mol. The Morgan fingerprint density at radius 2 is 1.36 bits per heavy atom. The average Bonchev–Trinajstić information content (AvgIpc) is 2.94. The molecule has 0 aliphatic heterocycles. The van der Waals surface area contributed by atoms with E-state index >= 15 is 0 Å². The monoisotopic (exact) mass is 474 g/mol. The van der Waals surface area contributed by atoms with Gasteiger partial charge in [0.25, 0.3) is 5.91 Å². The molecule has 0 fully saturated rings. The van der Waals surface area contributed by atoms with E-state index in [1.807, 2.05) is 48.5 Å². The van der Waals surface area contributed by atoms with Crippen LogP contribution in [0.1, 0.15) is 24.2 Å². The number of aryl methyl sites for hydroxylation is 2. The molecule has 0 spiro atoms. The van der Waals surface area contributed by atoms with Gasteiger partial charge in [0.2, 0.25) is 5.52 Å². The van der Waals surface area contributed by atoms with Crippen LogP contribution < -0.4 is 19.8 Å². The number of hydrogen-bond acceptors (Lipinski definition) is 2. The van der Waals surface area contributed by atoms with E-state index in [0.717, 1.165) is 46.7 Å². The number of para-hydroxylation sites is 1. The molecule has 0 atom stereocenters. The van der Waals surface area contributed by atoms with E-state index in [1.165, 1.54) is 5.52 Å². The van der Waals surface area contributed by atoms with Crippen LogP contribution >= 0.6 is 0 Å². The standard InChI is InChI=1S/C31H28N4O/c1-3-34-20-17-24(18-21-34)23-9-13-27(14-10-23)33-31(36)25-11-15-26(16-12-25)32-29-19-22-35(4-2)30-8-6-5-7-28(29)30/h5-22H,3-4H2,1-2H3/p+2. The Bertz CT molecular complexity index is 1490. The minimum Gasteiger partial charge on any atom is -0.355 e. The lowest BCUT2D eigenvalue weighted by molar-refractivity contribution is -0.693. The molecule has 0 saturated heterocycles. The summed E-state index contributed by atoms with van der Waals surface area (Å²) in [6.07, 6.45) is 6.24. The van der Waals surface area contributed by atoms with Crippen LogP contribution in [-0.2, 0) is 13.1 Å². The second kappa shape index (κ2) is 10.4. The van der Waals surface area contributed by atoms with Gasteiger partial charge in [0.15, 0.2) is 18.6 Å². The number of carbonyl (C=O) groups is 1. The van der Waals surface area contributed by atoms with Gasteiger partial charge < -0.3 is 10.6 Å². The molecule has 2 N–H and O–H groups in total. The maximum Gasteiger partial charge on any atom is 0.255 e. The summed E-state index contributed by atoms with van der Waals surface area (Å²) < 4.78 is 4.35. The first-order chi connectivity index (χ1) is 17.6. The fourth-order valence-corrected chi connectivity index (χ4v) is 4.34. The maximum absolute atomic E-state index is 12.8. The molecular formula is C31H30N4O+2. The number of pyridine rings is 2. The minimum absolute atomic E-state index is 0.132. The van der Waals surface area contributed by atoms with Gasteiger partial charge in [0, 0.05) is 41.2 Å². The molecule has 5 rings (SSSR count). The molecule has 3 aromatic carbocycles. The molecule has 178 valence electrons. The number of nitrogens with zero attached hydrogens (tertiary/aromatic N) is 2. The van der Waals surface area contributed by atoms with Crippen molar-refractivity contribution in [1.29, 1.82) is 0 Å². The van der Waals surface area contributed by atoms with Crippen molar-refractivity contribution in [1.82, 2.24) is 0 Å². The van der Waals surface area contributed by atoms with Gasteiger partial charge in [-0.25, -0.2) is 4.57 Å². The smallest absolute Gasteiger partial charge is 0.255 e. The van der Waals surface area contributed by atoms with Crippen molar-refractivity contribution in [3.8, 4) is 11.1 Å². The minimum atomic E-state index is -0.132. The van der Waals surface area contributed by atoms with Crippen LogP contribution in [0.3, 0.4) is 0 Å². The van der Waals surface area contributed by atoms with E-state index in [0.29, 0.717) is 5.56 Å². The highest BCUT2D eigenvalue weighted by Gasteiger charge is 2.12. The van der Waals surface area contributed by atoms with E-state index < -0.39 is 0 Å². The lowest BCUT2D eigenvalue weighted by Crippen LogP contribution is -2.32. The van der Waals surface area contributed by atoms with Gasteiger partial charge in [0.05, 0.1) is 11.1 Å². The zero-order valence-corrected chi connectivity index (χ0v) is 20.6. The summed E-state index contributed by atoms with van der Waals surface area (Å²) in [6, 6.07) is 30.1. The molecule has 0 aliphatic rings. The van der Waals surface area contributed by atoms with Crippen molar-refractivity contribution in [2.24, 2.45) is 0 Å². The first-order valence-electron chi connectivity index (χ1n) is 12.3. The fraction of sp³-hybridized carbons (Fsp3) is 0.129. The van der Waals surface area contributed by atoms with Crippen molar-refractivity contribution in [2.75, 3.05) is 10.6 Å². The lowest BCUT2D eigenvalue weighted by Gasteiger charge is -2.10. The maximum atomic E-state index is 12.8. The Labute approximate surface area is 211 Å². The third-order valence-electron chi connectivity index (χ3n) is 6.42. The Hall–Kier alpha value is -4.51. The van der Waals surface area contributed by atoms with Gasteiger partial charge in [0.1, 0.15) is 13.1 Å². The Morgan fingerprint density at radius 1 is 0.694 bits per heavy atom. The Kier molecular flexibility index (Phi) is 6.72. The fourth-order valence-electron chi connectivity index (χ4n) is 4.34. The predicted octanol–water partition coefficient (Wildman–Crippen LogP) is 6.12. The van der Waals surface area contributed by atoms with E-state index in [4.69, 9.17) is 0 Å². The van der Waals surface area contributed by atoms with Gasteiger partial charge in [-0.2, -0.15) is 4.57 Å². The van der Waals surface area contributed by atoms with Crippen LogP contribution in [-0.4, -0.2) is 5.91 Å². The molecule has 1 amide bonds. The van der Waals surface area contributed by atoms with Gasteiger partial charge in [-0.1, -0.05) is 24.3 Å². The van der Waals surface area contributed by atoms with Gasteiger partial charge in [-0.3, -0.25) is 4.79 Å². The molecule has 5 heteroatoms. The number of anilines is 3. The molecule has 2 heterocycles. The van der Waals surface area contributed by atoms with E-state index in [-0.39, 0.29) is 5.91 Å². The van der Waals surface area contributed by atoms with E-state index in [2.05, 4.69) is 94.7 Å². The number of nitrogens with one attached hydrogen (secondary N) is 2. The first kappa shape index (κ1) is 23.2. The predicted molar refractivity (Wildman–Crippen MR) is 145 cm³/mol. The summed E-state index contributed by atoms with van der Waals surface area (Å²) in [4.78, 5) is 12.8. The quantitative estimate of drug-likeness (QED) is 0.279. The van der Waals surface area contributed by atoms with Crippen molar-refractivity contribution in [3.05, 3.63) is 115 Å². The topological polar surface area (TPSA) is 48.9 Å². The van der Waals surface area contributed by atoms with Crippen LogP contribution in [0, 0.1) is 0 Å². The van der Waals surface area contributed by atoms with Crippen LogP contribution in [0.15, 0.2) is 110 Å². The molecule has 5 nitrogen and oxygen atoms in total. The number of fused-ring (bicyclic) bond motifs is 1. The molecule has 5 aromatic rings. The van der Waals surface area contributed by atoms with Crippen molar-refractivity contribution in [3.63, 3.8) is 0 Å². The van der Waals surface area contributed by atoms with Crippen molar-refractivity contribution >= 4 is 33.9 Å². The Balaban J connectivity index is 1.26. The number of aromatic nitrogens is 2. The van der Waals surface area contributed by atoms with Crippen molar-refractivity contribution < 1.29 is 13.9 Å². The molecule has 0 unspecified atom stereocenters. The highest BCUT2D eigenvalue weighted by atomic mass is 16.1. The zero-order chi connectivity index (χ0) is 24.9. The van der Waals surface area contributed by atoms with Crippen LogP contribution in [0.2, 0.25) is 0 Å². The number of amides is 1. The molecular weight excluding hydrogens is 444 g/mol. The van der Waals surface area contributed by atoms with Gasteiger partial charge in [-0.05, 0) is 67.4 Å². The number of carbonyl (C=O) groups excluding carboxylic acids is 1. The summed E-state index contributed by atoms with van der Waals surface area (Å²) in [7, 11) is 0. The molecule has 0 saturated carbocycles. The highest BCUT2D eigenvalue weighted by Crippen LogP contribution is 2.25. The van der Waals surface area contributed by atoms with E-state index in [1.54, 1.807) is 0 Å². The molecule has 2 aromatic heterocycles. The number of benzene rings is 3. The summed E-state index contributed by atoms with van der Waals surface area (Å²) in [5, 5.41) is 7.65. The van der Waals surface area contributed by atoms with Crippen molar-refractivity contribution in [2.45, 2.75) is 26.9 Å². The molecule has 0 bridgehead atoms. The lowest BCUT2D eigenvalue weighted by atomic mass is 10.1. The van der Waals surface area contributed by atoms with Gasteiger partial charge >= 0.3 is 0 Å². The van der Waals surface area contributed by atoms with Crippen LogP contribution in [0.4, 0.5) is 17.1 Å². The van der Waals surface area contributed by atoms with Gasteiger partial charge in [-0.15, -0.1) is 0 Å². The second-order valence-corrected chi connectivity index (χ2v) is 8.68. The molecule has 0 radical (unpaired) electrons. The SMILES string of the molecule is CC[n+]1ccc(-c2ccc(NC(=O)c3ccc(Nc4cc[n+](CC)c5ccccc45)cc3)cc2)cc1. The third kappa shape index (κ3) is 4.96. The first-order valence-corrected chi connectivity index (χ1v) is 12.3. The summed E-state index contributed by atoms with van der Waals surface area (Å²) >= 11 is 0. The zero-order valence-electron chi connectivity index (χ0n) is 20.6. The normalized spacial score (nSPS) is 10.8. The number of hydrogen-bond donors (Lipinski definition) is 2. The van der Waals surface area contributed by atoms with Crippen LogP contribution in [0.25, 0.3) is 22.0 Å². The Morgan fingerprint density at radius 3 is 2.06 bits per heavy atom. The molecule has 36 heavy (non-hydrogen) atoms. The summed E-state index contributed by atoms with van der Waals surface area (Å²) in [6.45, 7) is 6.12.